The number of nitro groups is 1. The Balaban J connectivity index is 3.21. The standard InChI is InChI=1S/C12H12N2O5/c1-3-4-13(8-12(15)16)9-5-10(14(17)18)7-11(6-9)19-2/h1,5-7H,4,8H2,2H3,(H,15,16). The molecule has 0 unspecified atom stereocenters. The van der Waals surface area contributed by atoms with Crippen molar-refractivity contribution in [3.8, 4) is 18.1 Å². The number of nitrogens with zero attached hydrogens (tertiary/aromatic N) is 2. The Labute approximate surface area is 109 Å². The minimum absolute atomic E-state index is 0.0244. The van der Waals surface area contributed by atoms with Gasteiger partial charge < -0.3 is 14.7 Å². The molecule has 0 radical (unpaired) electrons. The molecule has 0 bridgehead atoms. The normalized spacial score (nSPS) is 9.47. The van der Waals surface area contributed by atoms with Crippen molar-refractivity contribution in [2.24, 2.45) is 0 Å². The van der Waals surface area contributed by atoms with E-state index in [0.717, 1.165) is 0 Å². The molecule has 1 N–H and O–H groups in total. The lowest BCUT2D eigenvalue weighted by Crippen LogP contribution is -2.30. The Hall–Kier alpha value is -2.75. The lowest BCUT2D eigenvalue weighted by molar-refractivity contribution is -0.384. The van der Waals surface area contributed by atoms with E-state index in [1.807, 2.05) is 0 Å². The van der Waals surface area contributed by atoms with Gasteiger partial charge in [0.25, 0.3) is 5.69 Å². The van der Waals surface area contributed by atoms with Gasteiger partial charge in [0.05, 0.1) is 24.6 Å². The fourth-order valence-corrected chi connectivity index (χ4v) is 1.49. The zero-order valence-electron chi connectivity index (χ0n) is 10.2. The van der Waals surface area contributed by atoms with Gasteiger partial charge in [-0.25, -0.2) is 0 Å². The molecule has 7 nitrogen and oxygen atoms in total. The molecule has 0 saturated carbocycles. The summed E-state index contributed by atoms with van der Waals surface area (Å²) in [5.41, 5.74) is 0.133. The Bertz CT molecular complexity index is 535. The van der Waals surface area contributed by atoms with Crippen molar-refractivity contribution in [1.29, 1.82) is 0 Å². The van der Waals surface area contributed by atoms with Gasteiger partial charge in [-0.2, -0.15) is 0 Å². The molecule has 0 saturated heterocycles. The summed E-state index contributed by atoms with van der Waals surface area (Å²) in [5, 5.41) is 19.6. The molecule has 0 spiro atoms. The quantitative estimate of drug-likeness (QED) is 0.470. The van der Waals surface area contributed by atoms with Crippen molar-refractivity contribution in [3.05, 3.63) is 28.3 Å². The minimum atomic E-state index is -1.08. The molecular formula is C12H12N2O5. The van der Waals surface area contributed by atoms with Crippen LogP contribution in [0.2, 0.25) is 0 Å². The second kappa shape index (κ2) is 6.26. The maximum absolute atomic E-state index is 10.8. The van der Waals surface area contributed by atoms with E-state index >= 15 is 0 Å². The summed E-state index contributed by atoms with van der Waals surface area (Å²) in [4.78, 5) is 22.3. The Morgan fingerprint density at radius 2 is 2.26 bits per heavy atom. The number of methoxy groups -OCH3 is 1. The largest absolute Gasteiger partial charge is 0.496 e. The van der Waals surface area contributed by atoms with Crippen LogP contribution in [0.25, 0.3) is 0 Å². The number of aliphatic carboxylic acids is 1. The summed E-state index contributed by atoms with van der Waals surface area (Å²) in [6.45, 7) is -0.328. The highest BCUT2D eigenvalue weighted by Crippen LogP contribution is 2.28. The number of nitro benzene ring substituents is 1. The van der Waals surface area contributed by atoms with Gasteiger partial charge in [-0.3, -0.25) is 14.9 Å². The van der Waals surface area contributed by atoms with Crippen molar-refractivity contribution < 1.29 is 19.6 Å². The van der Waals surface area contributed by atoms with Gasteiger partial charge in [0, 0.05) is 17.8 Å². The zero-order chi connectivity index (χ0) is 14.4. The molecule has 0 atom stereocenters. The first kappa shape index (κ1) is 14.3. The highest BCUT2D eigenvalue weighted by atomic mass is 16.6. The number of ether oxygens (including phenoxy) is 1. The molecule has 0 aliphatic heterocycles. The first-order valence-electron chi connectivity index (χ1n) is 5.21. The van der Waals surface area contributed by atoms with Crippen LogP contribution >= 0.6 is 0 Å². The van der Waals surface area contributed by atoms with Gasteiger partial charge in [-0.05, 0) is 0 Å². The van der Waals surface area contributed by atoms with Crippen LogP contribution in [-0.2, 0) is 4.79 Å². The maximum Gasteiger partial charge on any atom is 0.323 e. The summed E-state index contributed by atoms with van der Waals surface area (Å²) < 4.78 is 4.95. The van der Waals surface area contributed by atoms with Gasteiger partial charge >= 0.3 is 5.97 Å². The number of carboxylic acid groups (broad SMARTS) is 1. The number of carbonyl (C=O) groups is 1. The van der Waals surface area contributed by atoms with Crippen LogP contribution in [0, 0.1) is 22.5 Å². The molecule has 1 aromatic carbocycles. The number of carboxylic acids is 1. The van der Waals surface area contributed by atoms with Crippen LogP contribution < -0.4 is 9.64 Å². The predicted octanol–water partition coefficient (Wildman–Crippen LogP) is 1.13. The van der Waals surface area contributed by atoms with E-state index in [0.29, 0.717) is 5.69 Å². The summed E-state index contributed by atoms with van der Waals surface area (Å²) >= 11 is 0. The third kappa shape index (κ3) is 3.89. The zero-order valence-corrected chi connectivity index (χ0v) is 10.2. The third-order valence-electron chi connectivity index (χ3n) is 2.30. The van der Waals surface area contributed by atoms with Crippen LogP contribution in [-0.4, -0.2) is 36.2 Å². The Kier molecular flexibility index (Phi) is 4.71. The van der Waals surface area contributed by atoms with Crippen molar-refractivity contribution in [3.63, 3.8) is 0 Å². The number of benzene rings is 1. The topological polar surface area (TPSA) is 92.9 Å². The summed E-state index contributed by atoms with van der Waals surface area (Å²) in [5.74, 6) is 1.49. The number of rotatable bonds is 6. The van der Waals surface area contributed by atoms with Crippen molar-refractivity contribution >= 4 is 17.3 Å². The van der Waals surface area contributed by atoms with Gasteiger partial charge in [0.1, 0.15) is 12.3 Å². The highest BCUT2D eigenvalue weighted by Gasteiger charge is 2.16. The fraction of sp³-hybridized carbons (Fsp3) is 0.250. The summed E-state index contributed by atoms with van der Waals surface area (Å²) in [6.07, 6.45) is 5.16. The molecule has 19 heavy (non-hydrogen) atoms. The average molecular weight is 264 g/mol. The predicted molar refractivity (Wildman–Crippen MR) is 68.3 cm³/mol. The Morgan fingerprint density at radius 3 is 2.74 bits per heavy atom. The smallest absolute Gasteiger partial charge is 0.323 e. The molecule has 7 heteroatoms. The van der Waals surface area contributed by atoms with Gasteiger partial charge in [-0.1, -0.05) is 5.92 Å². The number of anilines is 1. The van der Waals surface area contributed by atoms with E-state index in [9.17, 15) is 14.9 Å². The van der Waals surface area contributed by atoms with E-state index in [1.54, 1.807) is 0 Å². The van der Waals surface area contributed by atoms with Crippen LogP contribution in [0.4, 0.5) is 11.4 Å². The molecule has 1 rings (SSSR count). The first-order valence-corrected chi connectivity index (χ1v) is 5.21. The SMILES string of the molecule is C#CCN(CC(=O)O)c1cc(OC)cc([N+](=O)[O-])c1. The molecule has 0 aliphatic carbocycles. The summed E-state index contributed by atoms with van der Waals surface area (Å²) in [7, 11) is 1.37. The molecule has 0 heterocycles. The van der Waals surface area contributed by atoms with E-state index in [1.165, 1.54) is 30.2 Å². The van der Waals surface area contributed by atoms with Crippen LogP contribution in [0.3, 0.4) is 0 Å². The van der Waals surface area contributed by atoms with E-state index < -0.39 is 10.9 Å². The van der Waals surface area contributed by atoms with E-state index in [-0.39, 0.29) is 24.5 Å². The molecule has 0 aromatic heterocycles. The average Bonchev–Trinajstić information content (AvgIpc) is 2.37. The second-order valence-electron chi connectivity index (χ2n) is 3.60. The lowest BCUT2D eigenvalue weighted by atomic mass is 10.2. The molecular weight excluding hydrogens is 252 g/mol. The minimum Gasteiger partial charge on any atom is -0.496 e. The van der Waals surface area contributed by atoms with Crippen LogP contribution in [0.5, 0.6) is 5.75 Å². The highest BCUT2D eigenvalue weighted by molar-refractivity contribution is 5.74. The maximum atomic E-state index is 10.8. The van der Waals surface area contributed by atoms with Crippen molar-refractivity contribution in [2.75, 3.05) is 25.1 Å². The Morgan fingerprint density at radius 1 is 1.58 bits per heavy atom. The number of hydrogen-bond acceptors (Lipinski definition) is 5. The number of hydrogen-bond donors (Lipinski definition) is 1. The van der Waals surface area contributed by atoms with Crippen molar-refractivity contribution in [2.45, 2.75) is 0 Å². The molecule has 100 valence electrons. The third-order valence-corrected chi connectivity index (χ3v) is 2.30. The van der Waals surface area contributed by atoms with Gasteiger partial charge in [-0.15, -0.1) is 6.42 Å². The summed E-state index contributed by atoms with van der Waals surface area (Å²) in [6, 6.07) is 3.99. The van der Waals surface area contributed by atoms with Gasteiger partial charge in [0.15, 0.2) is 0 Å². The molecule has 0 amide bonds. The molecule has 0 aliphatic rings. The monoisotopic (exact) mass is 264 g/mol. The van der Waals surface area contributed by atoms with Crippen LogP contribution in [0.1, 0.15) is 0 Å². The van der Waals surface area contributed by atoms with E-state index in [2.05, 4.69) is 5.92 Å². The molecule has 0 fully saturated rings. The second-order valence-corrected chi connectivity index (χ2v) is 3.60. The van der Waals surface area contributed by atoms with Crippen molar-refractivity contribution in [1.82, 2.24) is 0 Å². The molecule has 1 aromatic rings. The van der Waals surface area contributed by atoms with Crippen LogP contribution in [0.15, 0.2) is 18.2 Å². The van der Waals surface area contributed by atoms with Gasteiger partial charge in [0.2, 0.25) is 0 Å². The lowest BCUT2D eigenvalue weighted by Gasteiger charge is -2.20. The first-order chi connectivity index (χ1) is 8.97. The van der Waals surface area contributed by atoms with E-state index in [4.69, 9.17) is 16.3 Å². The number of terminal acetylenes is 1. The fourth-order valence-electron chi connectivity index (χ4n) is 1.49. The number of non-ortho nitro benzene ring substituents is 1.